The van der Waals surface area contributed by atoms with Crippen LogP contribution in [0.2, 0.25) is 20.1 Å². The lowest BCUT2D eigenvalue weighted by molar-refractivity contribution is -0.116. The van der Waals surface area contributed by atoms with Crippen molar-refractivity contribution in [1.29, 1.82) is 0 Å². The highest BCUT2D eigenvalue weighted by Gasteiger charge is 2.29. The van der Waals surface area contributed by atoms with Crippen LogP contribution in [0.3, 0.4) is 0 Å². The topological polar surface area (TPSA) is 44.7 Å². The number of benzene rings is 2. The second-order valence-corrected chi connectivity index (χ2v) is 6.91. The SMILES string of the molecule is Cc1ccc(Cl)c(NC2=NN(c3c(Cl)cc(Cl)cc3Cl)C(=O)C2)c1. The second kappa shape index (κ2) is 6.81. The van der Waals surface area contributed by atoms with E-state index in [4.69, 9.17) is 46.4 Å². The normalized spacial score (nSPS) is 14.1. The number of hydrogen-bond acceptors (Lipinski definition) is 3. The third-order valence-corrected chi connectivity index (χ3v) is 4.49. The minimum Gasteiger partial charge on any atom is -0.341 e. The Labute approximate surface area is 158 Å². The molecule has 0 fully saturated rings. The summed E-state index contributed by atoms with van der Waals surface area (Å²) >= 11 is 24.4. The zero-order valence-corrected chi connectivity index (χ0v) is 15.4. The van der Waals surface area contributed by atoms with Gasteiger partial charge in [0.1, 0.15) is 11.5 Å². The number of nitrogens with one attached hydrogen (secondary N) is 1. The fraction of sp³-hybridized carbons (Fsp3) is 0.125. The third-order valence-electron chi connectivity index (χ3n) is 3.37. The molecule has 0 bridgehead atoms. The first-order chi connectivity index (χ1) is 11.3. The largest absolute Gasteiger partial charge is 0.341 e. The zero-order chi connectivity index (χ0) is 17.4. The number of nitrogens with zero attached hydrogens (tertiary/aromatic N) is 2. The molecule has 0 saturated carbocycles. The van der Waals surface area contributed by atoms with E-state index in [2.05, 4.69) is 10.4 Å². The molecule has 0 saturated heterocycles. The van der Waals surface area contributed by atoms with Crippen LogP contribution in [0.25, 0.3) is 0 Å². The van der Waals surface area contributed by atoms with Crippen LogP contribution in [0.1, 0.15) is 12.0 Å². The predicted molar refractivity (Wildman–Crippen MR) is 101 cm³/mol. The van der Waals surface area contributed by atoms with Gasteiger partial charge in [0, 0.05) is 5.02 Å². The number of amides is 1. The van der Waals surface area contributed by atoms with Gasteiger partial charge in [-0.05, 0) is 36.8 Å². The molecule has 0 spiro atoms. The van der Waals surface area contributed by atoms with Gasteiger partial charge in [-0.3, -0.25) is 4.79 Å². The Balaban J connectivity index is 1.93. The highest BCUT2D eigenvalue weighted by atomic mass is 35.5. The first-order valence-corrected chi connectivity index (χ1v) is 8.44. The molecular weight excluding hydrogens is 392 g/mol. The van der Waals surface area contributed by atoms with E-state index < -0.39 is 0 Å². The van der Waals surface area contributed by atoms with Crippen molar-refractivity contribution in [2.75, 3.05) is 10.3 Å². The molecule has 0 unspecified atom stereocenters. The lowest BCUT2D eigenvalue weighted by Crippen LogP contribution is -2.20. The number of hydrogen-bond donors (Lipinski definition) is 1. The van der Waals surface area contributed by atoms with Crippen LogP contribution in [-0.4, -0.2) is 11.7 Å². The van der Waals surface area contributed by atoms with Crippen molar-refractivity contribution >= 4 is 69.5 Å². The van der Waals surface area contributed by atoms with Crippen molar-refractivity contribution < 1.29 is 4.79 Å². The zero-order valence-electron chi connectivity index (χ0n) is 12.4. The van der Waals surface area contributed by atoms with Crippen LogP contribution in [-0.2, 0) is 4.79 Å². The molecule has 1 N–H and O–H groups in total. The Bertz CT molecular complexity index is 843. The Morgan fingerprint density at radius 3 is 2.38 bits per heavy atom. The fourth-order valence-electron chi connectivity index (χ4n) is 2.30. The number of amidine groups is 1. The summed E-state index contributed by atoms with van der Waals surface area (Å²) in [6.45, 7) is 1.95. The molecule has 124 valence electrons. The van der Waals surface area contributed by atoms with E-state index in [0.717, 1.165) is 5.56 Å². The van der Waals surface area contributed by atoms with Crippen LogP contribution < -0.4 is 10.3 Å². The number of carbonyl (C=O) groups is 1. The average molecular weight is 403 g/mol. The minimum absolute atomic E-state index is 0.0829. The first-order valence-electron chi connectivity index (χ1n) is 6.93. The number of anilines is 2. The maximum Gasteiger partial charge on any atom is 0.255 e. The van der Waals surface area contributed by atoms with E-state index >= 15 is 0 Å². The molecule has 0 atom stereocenters. The smallest absolute Gasteiger partial charge is 0.255 e. The summed E-state index contributed by atoms with van der Waals surface area (Å²) in [6.07, 6.45) is 0.0829. The predicted octanol–water partition coefficient (Wildman–Crippen LogP) is 5.77. The molecule has 1 aliphatic rings. The standard InChI is InChI=1S/C16H11Cl4N3O/c1-8-2-3-10(18)13(4-8)21-14-7-15(24)23(22-14)16-11(19)5-9(17)6-12(16)20/h2-6H,7H2,1H3,(H,21,22). The van der Waals surface area contributed by atoms with Gasteiger partial charge in [-0.25, -0.2) is 0 Å². The lowest BCUT2D eigenvalue weighted by atomic mass is 10.2. The monoisotopic (exact) mass is 401 g/mol. The number of halogens is 4. The summed E-state index contributed by atoms with van der Waals surface area (Å²) < 4.78 is 0. The number of aryl methyl sites for hydroxylation is 1. The Morgan fingerprint density at radius 1 is 1.04 bits per heavy atom. The molecule has 3 rings (SSSR count). The molecule has 0 aliphatic carbocycles. The van der Waals surface area contributed by atoms with Gasteiger partial charge in [0.25, 0.3) is 5.91 Å². The molecule has 1 aliphatic heterocycles. The van der Waals surface area contributed by atoms with E-state index in [1.165, 1.54) is 17.1 Å². The molecule has 0 radical (unpaired) electrons. The van der Waals surface area contributed by atoms with Gasteiger partial charge in [0.15, 0.2) is 0 Å². The molecule has 24 heavy (non-hydrogen) atoms. The summed E-state index contributed by atoms with van der Waals surface area (Å²) in [6, 6.07) is 8.57. The number of hydrazone groups is 1. The molecule has 1 heterocycles. The number of carbonyl (C=O) groups excluding carboxylic acids is 1. The second-order valence-electron chi connectivity index (χ2n) is 5.26. The summed E-state index contributed by atoms with van der Waals surface area (Å²) in [4.78, 5) is 12.3. The van der Waals surface area contributed by atoms with Crippen LogP contribution in [0, 0.1) is 6.92 Å². The molecule has 8 heteroatoms. The first kappa shape index (κ1) is 17.4. The summed E-state index contributed by atoms with van der Waals surface area (Å²) in [5.74, 6) is 0.196. The molecule has 2 aromatic rings. The Morgan fingerprint density at radius 2 is 1.71 bits per heavy atom. The number of rotatable bonds is 2. The Kier molecular flexibility index (Phi) is 4.92. The maximum absolute atomic E-state index is 12.3. The van der Waals surface area contributed by atoms with Gasteiger partial charge < -0.3 is 5.32 Å². The van der Waals surface area contributed by atoms with Crippen LogP contribution in [0.4, 0.5) is 11.4 Å². The van der Waals surface area contributed by atoms with E-state index in [0.29, 0.717) is 27.3 Å². The lowest BCUT2D eigenvalue weighted by Gasteiger charge is -2.15. The maximum atomic E-state index is 12.3. The van der Waals surface area contributed by atoms with E-state index in [1.54, 1.807) is 6.07 Å². The van der Waals surface area contributed by atoms with Gasteiger partial charge in [0.05, 0.1) is 27.2 Å². The fourth-order valence-corrected chi connectivity index (χ4v) is 3.44. The van der Waals surface area contributed by atoms with Crippen LogP contribution in [0.5, 0.6) is 0 Å². The van der Waals surface area contributed by atoms with Crippen LogP contribution >= 0.6 is 46.4 Å². The molecule has 0 aromatic heterocycles. The highest BCUT2D eigenvalue weighted by molar-refractivity contribution is 6.42. The van der Waals surface area contributed by atoms with E-state index in [9.17, 15) is 4.79 Å². The molecule has 4 nitrogen and oxygen atoms in total. The van der Waals surface area contributed by atoms with E-state index in [1.807, 2.05) is 19.1 Å². The van der Waals surface area contributed by atoms with Crippen molar-refractivity contribution in [2.45, 2.75) is 13.3 Å². The minimum atomic E-state index is -0.257. The van der Waals surface area contributed by atoms with Gasteiger partial charge in [-0.1, -0.05) is 52.5 Å². The van der Waals surface area contributed by atoms with Crippen LogP contribution in [0.15, 0.2) is 35.4 Å². The van der Waals surface area contributed by atoms with Crippen molar-refractivity contribution in [3.63, 3.8) is 0 Å². The average Bonchev–Trinajstić information content (AvgIpc) is 2.82. The third kappa shape index (κ3) is 3.47. The van der Waals surface area contributed by atoms with Gasteiger partial charge in [-0.15, -0.1) is 0 Å². The molecule has 1 amide bonds. The summed E-state index contributed by atoms with van der Waals surface area (Å²) in [7, 11) is 0. The molecular formula is C16H11Cl4N3O. The summed E-state index contributed by atoms with van der Waals surface area (Å²) in [5.41, 5.74) is 2.02. The van der Waals surface area contributed by atoms with E-state index in [-0.39, 0.29) is 22.4 Å². The molecule has 2 aromatic carbocycles. The van der Waals surface area contributed by atoms with Crippen molar-refractivity contribution in [2.24, 2.45) is 5.10 Å². The van der Waals surface area contributed by atoms with Crippen molar-refractivity contribution in [3.8, 4) is 0 Å². The quantitative estimate of drug-likeness (QED) is 0.692. The Hall–Kier alpha value is -1.46. The highest BCUT2D eigenvalue weighted by Crippen LogP contribution is 2.38. The summed E-state index contributed by atoms with van der Waals surface area (Å²) in [5, 5.41) is 9.94. The van der Waals surface area contributed by atoms with Gasteiger partial charge in [0.2, 0.25) is 0 Å². The van der Waals surface area contributed by atoms with Crippen molar-refractivity contribution in [1.82, 2.24) is 0 Å². The van der Waals surface area contributed by atoms with Crippen molar-refractivity contribution in [3.05, 3.63) is 56.0 Å². The van der Waals surface area contributed by atoms with Gasteiger partial charge in [-0.2, -0.15) is 10.1 Å². The van der Waals surface area contributed by atoms with Gasteiger partial charge >= 0.3 is 0 Å².